The highest BCUT2D eigenvalue weighted by atomic mass is 14.3. The van der Waals surface area contributed by atoms with Crippen molar-refractivity contribution in [2.45, 2.75) is 33.1 Å². The minimum Gasteiger partial charge on any atom is -0.0616 e. The van der Waals surface area contributed by atoms with Crippen molar-refractivity contribution in [1.29, 1.82) is 0 Å². The monoisotopic (exact) mass is 260 g/mol. The summed E-state index contributed by atoms with van der Waals surface area (Å²) < 4.78 is 0. The van der Waals surface area contributed by atoms with Crippen LogP contribution in [0.2, 0.25) is 0 Å². The number of aryl methyl sites for hydroxylation is 1. The smallest absolute Gasteiger partial charge is 0.0102 e. The molecule has 0 heterocycles. The van der Waals surface area contributed by atoms with Gasteiger partial charge in [0.25, 0.3) is 0 Å². The van der Waals surface area contributed by atoms with Crippen molar-refractivity contribution in [1.82, 2.24) is 0 Å². The predicted molar refractivity (Wildman–Crippen MR) is 87.3 cm³/mol. The van der Waals surface area contributed by atoms with Crippen LogP contribution >= 0.6 is 0 Å². The molecule has 100 valence electrons. The first-order chi connectivity index (χ1) is 9.64. The zero-order valence-electron chi connectivity index (χ0n) is 12.2. The molecule has 3 aromatic carbocycles. The van der Waals surface area contributed by atoms with E-state index in [0.717, 1.165) is 0 Å². The lowest BCUT2D eigenvalue weighted by Gasteiger charge is -2.32. The van der Waals surface area contributed by atoms with Crippen LogP contribution in [0.4, 0.5) is 0 Å². The second-order valence-corrected chi connectivity index (χ2v) is 6.93. The van der Waals surface area contributed by atoms with Gasteiger partial charge in [0, 0.05) is 0 Å². The lowest BCUT2D eigenvalue weighted by molar-refractivity contribution is 0.316. The lowest BCUT2D eigenvalue weighted by Crippen LogP contribution is -2.22. The van der Waals surface area contributed by atoms with Gasteiger partial charge in [0.1, 0.15) is 0 Å². The molecule has 0 aliphatic heterocycles. The molecular weight excluding hydrogens is 240 g/mol. The van der Waals surface area contributed by atoms with E-state index in [1.165, 1.54) is 40.8 Å². The van der Waals surface area contributed by atoms with Gasteiger partial charge < -0.3 is 0 Å². The highest BCUT2D eigenvalue weighted by molar-refractivity contribution is 6.08. The van der Waals surface area contributed by atoms with Gasteiger partial charge in [-0.05, 0) is 57.3 Å². The van der Waals surface area contributed by atoms with Crippen LogP contribution in [0.3, 0.4) is 0 Å². The van der Waals surface area contributed by atoms with Gasteiger partial charge in [-0.15, -0.1) is 0 Å². The first kappa shape index (κ1) is 12.0. The molecule has 0 saturated carbocycles. The number of rotatable bonds is 0. The van der Waals surface area contributed by atoms with E-state index in [4.69, 9.17) is 0 Å². The maximum atomic E-state index is 2.39. The number of benzene rings is 3. The molecule has 1 aliphatic rings. The van der Waals surface area contributed by atoms with E-state index in [1.807, 2.05) is 0 Å². The Kier molecular flexibility index (Phi) is 2.44. The van der Waals surface area contributed by atoms with Gasteiger partial charge >= 0.3 is 0 Å². The Morgan fingerprint density at radius 1 is 0.800 bits per heavy atom. The van der Waals surface area contributed by atoms with Crippen molar-refractivity contribution in [3.8, 4) is 0 Å². The van der Waals surface area contributed by atoms with Crippen LogP contribution in [0, 0.1) is 5.41 Å². The maximum absolute atomic E-state index is 2.39. The summed E-state index contributed by atoms with van der Waals surface area (Å²) in [6, 6.07) is 18.0. The molecule has 0 aromatic heterocycles. The molecule has 20 heavy (non-hydrogen) atoms. The molecule has 0 N–H and O–H groups in total. The fraction of sp³-hybridized carbons (Fsp3) is 0.300. The molecule has 0 saturated heterocycles. The Morgan fingerprint density at radius 2 is 1.60 bits per heavy atom. The summed E-state index contributed by atoms with van der Waals surface area (Å²) in [7, 11) is 0. The lowest BCUT2D eigenvalue weighted by atomic mass is 9.73. The SMILES string of the molecule is CC1(C)CCc2c(ccc3c2ccc2ccccc23)C1. The Bertz CT molecular complexity index is 809. The van der Waals surface area contributed by atoms with Crippen LogP contribution in [-0.4, -0.2) is 0 Å². The molecule has 0 heteroatoms. The van der Waals surface area contributed by atoms with E-state index < -0.39 is 0 Å². The largest absolute Gasteiger partial charge is 0.0616 e. The summed E-state index contributed by atoms with van der Waals surface area (Å²) in [6.45, 7) is 4.78. The number of hydrogen-bond donors (Lipinski definition) is 0. The fourth-order valence-corrected chi connectivity index (χ4v) is 3.72. The number of hydrogen-bond acceptors (Lipinski definition) is 0. The Morgan fingerprint density at radius 3 is 2.50 bits per heavy atom. The highest BCUT2D eigenvalue weighted by Gasteiger charge is 2.26. The third-order valence-corrected chi connectivity index (χ3v) is 4.86. The van der Waals surface area contributed by atoms with Gasteiger partial charge in [-0.2, -0.15) is 0 Å². The summed E-state index contributed by atoms with van der Waals surface area (Å²) in [6.07, 6.45) is 3.73. The molecule has 0 spiro atoms. The topological polar surface area (TPSA) is 0 Å². The van der Waals surface area contributed by atoms with Crippen LogP contribution < -0.4 is 0 Å². The van der Waals surface area contributed by atoms with E-state index >= 15 is 0 Å². The van der Waals surface area contributed by atoms with Crippen molar-refractivity contribution in [2.75, 3.05) is 0 Å². The van der Waals surface area contributed by atoms with Crippen molar-refractivity contribution in [3.63, 3.8) is 0 Å². The van der Waals surface area contributed by atoms with Crippen molar-refractivity contribution in [2.24, 2.45) is 5.41 Å². The van der Waals surface area contributed by atoms with Crippen molar-refractivity contribution in [3.05, 3.63) is 59.7 Å². The predicted octanol–water partition coefficient (Wildman–Crippen LogP) is 5.51. The summed E-state index contributed by atoms with van der Waals surface area (Å²) in [5, 5.41) is 5.62. The average Bonchev–Trinajstić information content (AvgIpc) is 2.45. The van der Waals surface area contributed by atoms with Gasteiger partial charge in [0.15, 0.2) is 0 Å². The van der Waals surface area contributed by atoms with Gasteiger partial charge in [0.2, 0.25) is 0 Å². The Balaban J connectivity index is 2.03. The third-order valence-electron chi connectivity index (χ3n) is 4.86. The van der Waals surface area contributed by atoms with Crippen LogP contribution in [0.1, 0.15) is 31.4 Å². The van der Waals surface area contributed by atoms with Crippen LogP contribution in [0.25, 0.3) is 21.5 Å². The molecule has 4 rings (SSSR count). The molecule has 0 bridgehead atoms. The standard InChI is InChI=1S/C20H20/c1-20(2)12-11-17-15(13-20)8-10-18-16-6-4-3-5-14(16)7-9-19(17)18/h3-10H,11-13H2,1-2H3. The molecule has 1 aliphatic carbocycles. The second kappa shape index (κ2) is 4.09. The van der Waals surface area contributed by atoms with Crippen molar-refractivity contribution >= 4 is 21.5 Å². The quantitative estimate of drug-likeness (QED) is 0.468. The maximum Gasteiger partial charge on any atom is -0.0102 e. The zero-order chi connectivity index (χ0) is 13.7. The van der Waals surface area contributed by atoms with Gasteiger partial charge in [-0.3, -0.25) is 0 Å². The number of fused-ring (bicyclic) bond motifs is 5. The molecular formula is C20H20. The molecule has 0 radical (unpaired) electrons. The molecule has 0 nitrogen and oxygen atoms in total. The summed E-state index contributed by atoms with van der Waals surface area (Å²) in [5.74, 6) is 0. The first-order valence-corrected chi connectivity index (χ1v) is 7.56. The van der Waals surface area contributed by atoms with Crippen LogP contribution in [0.5, 0.6) is 0 Å². The third kappa shape index (κ3) is 1.75. The zero-order valence-corrected chi connectivity index (χ0v) is 12.2. The average molecular weight is 260 g/mol. The fourth-order valence-electron chi connectivity index (χ4n) is 3.72. The van der Waals surface area contributed by atoms with Gasteiger partial charge in [-0.1, -0.05) is 62.4 Å². The summed E-state index contributed by atoms with van der Waals surface area (Å²) in [5.41, 5.74) is 3.61. The van der Waals surface area contributed by atoms with Gasteiger partial charge in [0.05, 0.1) is 0 Å². The van der Waals surface area contributed by atoms with Crippen LogP contribution in [-0.2, 0) is 12.8 Å². The van der Waals surface area contributed by atoms with Crippen LogP contribution in [0.15, 0.2) is 48.5 Å². The molecule has 0 fully saturated rings. The highest BCUT2D eigenvalue weighted by Crippen LogP contribution is 2.39. The van der Waals surface area contributed by atoms with E-state index in [2.05, 4.69) is 62.4 Å². The minimum absolute atomic E-state index is 0.456. The van der Waals surface area contributed by atoms with Crippen molar-refractivity contribution < 1.29 is 0 Å². The second-order valence-electron chi connectivity index (χ2n) is 6.93. The first-order valence-electron chi connectivity index (χ1n) is 7.56. The normalized spacial score (nSPS) is 17.3. The van der Waals surface area contributed by atoms with E-state index in [-0.39, 0.29) is 0 Å². The van der Waals surface area contributed by atoms with E-state index in [9.17, 15) is 0 Å². The Hall–Kier alpha value is -1.82. The minimum atomic E-state index is 0.456. The van der Waals surface area contributed by atoms with Gasteiger partial charge in [-0.25, -0.2) is 0 Å². The molecule has 0 amide bonds. The Labute approximate surface area is 120 Å². The summed E-state index contributed by atoms with van der Waals surface area (Å²) >= 11 is 0. The molecule has 0 unspecified atom stereocenters. The molecule has 0 atom stereocenters. The van der Waals surface area contributed by atoms with E-state index in [1.54, 1.807) is 11.1 Å². The van der Waals surface area contributed by atoms with E-state index in [0.29, 0.717) is 5.41 Å². The summed E-state index contributed by atoms with van der Waals surface area (Å²) in [4.78, 5) is 0. The molecule has 3 aromatic rings.